The highest BCUT2D eigenvalue weighted by molar-refractivity contribution is 5.15. The highest BCUT2D eigenvalue weighted by Crippen LogP contribution is 2.62. The molecule has 5 aliphatic rings. The van der Waals surface area contributed by atoms with E-state index in [0.717, 1.165) is 30.8 Å². The highest BCUT2D eigenvalue weighted by atomic mass is 17.3. The smallest absolute Gasteiger partial charge is 0.201 e. The molecule has 1 aromatic rings. The molecule has 5 nitrogen and oxygen atoms in total. The molecule has 138 valence electrons. The lowest BCUT2D eigenvalue weighted by Crippen LogP contribution is -2.69. The molecule has 0 amide bonds. The zero-order valence-corrected chi connectivity index (χ0v) is 15.5. The van der Waals surface area contributed by atoms with Crippen molar-refractivity contribution < 1.29 is 23.7 Å². The second-order valence-corrected chi connectivity index (χ2v) is 8.77. The van der Waals surface area contributed by atoms with Gasteiger partial charge < -0.3 is 13.9 Å². The number of hydrogen-bond donors (Lipinski definition) is 0. The molecule has 25 heavy (non-hydrogen) atoms. The molecular weight excluding hydrogens is 320 g/mol. The SMILES string of the molecule is Cc1ccc(C2O[C@@H]3O[C@]4(C)CC[C@H]5[C@H](C)CC[C@@H]([C@H]2C)[C@@]35OO4)o1. The fourth-order valence-electron chi connectivity index (χ4n) is 5.84. The maximum absolute atomic E-state index is 6.54. The molecular formula is C20H28O5. The molecule has 0 aromatic carbocycles. The van der Waals surface area contributed by atoms with Gasteiger partial charge in [0.25, 0.3) is 0 Å². The first-order valence-corrected chi connectivity index (χ1v) is 9.69. The Labute approximate surface area is 148 Å². The minimum absolute atomic E-state index is 0.102. The lowest BCUT2D eigenvalue weighted by Gasteiger charge is -2.60. The van der Waals surface area contributed by atoms with Crippen molar-refractivity contribution in [3.63, 3.8) is 0 Å². The minimum atomic E-state index is -0.721. The van der Waals surface area contributed by atoms with Gasteiger partial charge in [-0.1, -0.05) is 13.8 Å². The molecule has 1 unspecified atom stereocenters. The molecule has 5 heterocycles. The van der Waals surface area contributed by atoms with Crippen molar-refractivity contribution in [1.29, 1.82) is 0 Å². The number of rotatable bonds is 1. The Hall–Kier alpha value is -0.880. The second-order valence-electron chi connectivity index (χ2n) is 8.77. The van der Waals surface area contributed by atoms with Crippen molar-refractivity contribution >= 4 is 0 Å². The average Bonchev–Trinajstić information content (AvgIpc) is 2.88. The number of furan rings is 1. The van der Waals surface area contributed by atoms with E-state index >= 15 is 0 Å². The van der Waals surface area contributed by atoms with Crippen molar-refractivity contribution in [1.82, 2.24) is 0 Å². The van der Waals surface area contributed by atoms with E-state index in [4.69, 9.17) is 23.7 Å². The summed E-state index contributed by atoms with van der Waals surface area (Å²) in [5.41, 5.74) is -0.495. The lowest BCUT2D eigenvalue weighted by molar-refractivity contribution is -0.572. The second kappa shape index (κ2) is 5.32. The zero-order valence-electron chi connectivity index (χ0n) is 15.5. The van der Waals surface area contributed by atoms with Gasteiger partial charge in [-0.05, 0) is 63.0 Å². The molecule has 0 N–H and O–H groups in total. The maximum atomic E-state index is 6.54. The predicted octanol–water partition coefficient (Wildman–Crippen LogP) is 4.51. The van der Waals surface area contributed by atoms with Crippen LogP contribution in [0.3, 0.4) is 0 Å². The van der Waals surface area contributed by atoms with Gasteiger partial charge in [-0.3, -0.25) is 0 Å². The third kappa shape index (κ3) is 2.16. The topological polar surface area (TPSA) is 50.1 Å². The van der Waals surface area contributed by atoms with Crippen LogP contribution in [0, 0.1) is 30.6 Å². The van der Waals surface area contributed by atoms with Gasteiger partial charge in [-0.25, -0.2) is 9.78 Å². The highest BCUT2D eigenvalue weighted by Gasteiger charge is 2.69. The summed E-state index contributed by atoms with van der Waals surface area (Å²) in [5.74, 6) is 2.70. The third-order valence-electron chi connectivity index (χ3n) is 7.20. The van der Waals surface area contributed by atoms with E-state index in [9.17, 15) is 0 Å². The zero-order chi connectivity index (χ0) is 17.4. The largest absolute Gasteiger partial charge is 0.464 e. The molecule has 2 bridgehead atoms. The Kier molecular flexibility index (Phi) is 3.47. The van der Waals surface area contributed by atoms with Crippen LogP contribution in [0.2, 0.25) is 0 Å². The standard InChI is InChI=1S/C20H28O5/c1-11-5-7-15-13(3)17(16-8-6-12(2)21-16)22-18-20(15)14(11)9-10-19(4,23-18)24-25-20/h6,8,11,13-15,17-18H,5,7,9-10H2,1-4H3/t11-,13-,14+,15+,17?,18-,19+,20-/m1/s1. The van der Waals surface area contributed by atoms with Crippen molar-refractivity contribution in [3.8, 4) is 0 Å². The summed E-state index contributed by atoms with van der Waals surface area (Å²) in [5, 5.41) is 0. The number of hydrogen-bond acceptors (Lipinski definition) is 5. The molecule has 4 saturated heterocycles. The van der Waals surface area contributed by atoms with Crippen LogP contribution >= 0.6 is 0 Å². The van der Waals surface area contributed by atoms with Crippen molar-refractivity contribution in [2.45, 2.75) is 77.2 Å². The van der Waals surface area contributed by atoms with Gasteiger partial charge in [-0.15, -0.1) is 0 Å². The number of fused-ring (bicyclic) bond motifs is 2. The van der Waals surface area contributed by atoms with Gasteiger partial charge in [0.1, 0.15) is 17.6 Å². The number of ether oxygens (including phenoxy) is 2. The Morgan fingerprint density at radius 3 is 2.64 bits per heavy atom. The lowest BCUT2D eigenvalue weighted by atomic mass is 9.57. The molecule has 0 radical (unpaired) electrons. The summed E-state index contributed by atoms with van der Waals surface area (Å²) < 4.78 is 18.8. The normalized spacial score (nSPS) is 51.8. The van der Waals surface area contributed by atoms with E-state index in [1.54, 1.807) is 0 Å². The maximum Gasteiger partial charge on any atom is 0.201 e. The van der Waals surface area contributed by atoms with Crippen LogP contribution in [0.5, 0.6) is 0 Å². The molecule has 1 aromatic heterocycles. The van der Waals surface area contributed by atoms with E-state index in [1.165, 1.54) is 6.42 Å². The Balaban J connectivity index is 1.59. The third-order valence-corrected chi connectivity index (χ3v) is 7.20. The van der Waals surface area contributed by atoms with Crippen molar-refractivity contribution in [2.75, 3.05) is 0 Å². The summed E-state index contributed by atoms with van der Waals surface area (Å²) in [7, 11) is 0. The van der Waals surface area contributed by atoms with Gasteiger partial charge in [0.2, 0.25) is 5.79 Å². The molecule has 1 spiro atoms. The molecule has 5 fully saturated rings. The van der Waals surface area contributed by atoms with E-state index in [0.29, 0.717) is 17.8 Å². The summed E-state index contributed by atoms with van der Waals surface area (Å²) in [6, 6.07) is 4.04. The molecule has 8 atom stereocenters. The molecule has 5 heteroatoms. The average molecular weight is 348 g/mol. The van der Waals surface area contributed by atoms with Crippen LogP contribution in [-0.2, 0) is 19.2 Å². The van der Waals surface area contributed by atoms with Gasteiger partial charge in [0, 0.05) is 12.3 Å². The molecule has 4 aliphatic heterocycles. The van der Waals surface area contributed by atoms with Gasteiger partial charge >= 0.3 is 0 Å². The molecule has 6 rings (SSSR count). The minimum Gasteiger partial charge on any atom is -0.464 e. The quantitative estimate of drug-likeness (QED) is 0.699. The molecule has 1 aliphatic carbocycles. The Bertz CT molecular complexity index is 671. The van der Waals surface area contributed by atoms with E-state index < -0.39 is 17.7 Å². The van der Waals surface area contributed by atoms with E-state index in [1.807, 2.05) is 26.0 Å². The van der Waals surface area contributed by atoms with Crippen LogP contribution in [0.4, 0.5) is 0 Å². The first-order chi connectivity index (χ1) is 11.9. The fraction of sp³-hybridized carbons (Fsp3) is 0.800. The van der Waals surface area contributed by atoms with Crippen LogP contribution in [0.15, 0.2) is 16.5 Å². The van der Waals surface area contributed by atoms with Crippen LogP contribution < -0.4 is 0 Å². The van der Waals surface area contributed by atoms with Gasteiger partial charge in [0.05, 0.1) is 0 Å². The summed E-state index contributed by atoms with van der Waals surface area (Å²) in [6.45, 7) is 8.53. The van der Waals surface area contributed by atoms with Crippen LogP contribution in [0.1, 0.15) is 64.1 Å². The summed E-state index contributed by atoms with van der Waals surface area (Å²) in [4.78, 5) is 12.0. The summed E-state index contributed by atoms with van der Waals surface area (Å²) >= 11 is 0. The Morgan fingerprint density at radius 1 is 1.04 bits per heavy atom. The first-order valence-electron chi connectivity index (χ1n) is 9.69. The van der Waals surface area contributed by atoms with Crippen molar-refractivity contribution in [3.05, 3.63) is 23.7 Å². The Morgan fingerprint density at radius 2 is 1.88 bits per heavy atom. The molecule has 1 saturated carbocycles. The van der Waals surface area contributed by atoms with Gasteiger partial charge in [-0.2, -0.15) is 0 Å². The monoisotopic (exact) mass is 348 g/mol. The van der Waals surface area contributed by atoms with E-state index in [2.05, 4.69) is 13.8 Å². The van der Waals surface area contributed by atoms with E-state index in [-0.39, 0.29) is 12.0 Å². The number of aryl methyl sites for hydroxylation is 1. The van der Waals surface area contributed by atoms with Crippen LogP contribution in [-0.4, -0.2) is 17.7 Å². The summed E-state index contributed by atoms with van der Waals surface area (Å²) in [6.07, 6.45) is 3.73. The van der Waals surface area contributed by atoms with Gasteiger partial charge in [0.15, 0.2) is 11.9 Å². The predicted molar refractivity (Wildman–Crippen MR) is 89.2 cm³/mol. The fourth-order valence-corrected chi connectivity index (χ4v) is 5.84. The van der Waals surface area contributed by atoms with Crippen molar-refractivity contribution in [2.24, 2.45) is 23.7 Å². The van der Waals surface area contributed by atoms with Crippen LogP contribution in [0.25, 0.3) is 0 Å². The first kappa shape index (κ1) is 16.3.